The number of rotatable bonds is 5. The van der Waals surface area contributed by atoms with Crippen molar-refractivity contribution in [3.8, 4) is 5.75 Å². The number of hydrogen-bond acceptors (Lipinski definition) is 4. The second-order valence-corrected chi connectivity index (χ2v) is 5.83. The van der Waals surface area contributed by atoms with Crippen LogP contribution in [0.1, 0.15) is 10.4 Å². The maximum atomic E-state index is 12.1. The van der Waals surface area contributed by atoms with Gasteiger partial charge in [0.1, 0.15) is 23.2 Å². The van der Waals surface area contributed by atoms with Crippen LogP contribution in [0.2, 0.25) is 0 Å². The van der Waals surface area contributed by atoms with E-state index in [0.29, 0.717) is 17.0 Å². The van der Waals surface area contributed by atoms with E-state index in [1.165, 1.54) is 0 Å². The molecule has 26 heavy (non-hydrogen) atoms. The van der Waals surface area contributed by atoms with Gasteiger partial charge in [0, 0.05) is 28.1 Å². The Hall–Kier alpha value is -3.60. The zero-order valence-corrected chi connectivity index (χ0v) is 13.8. The SMILES string of the molecule is O=Cc1ccc(OCC(=O)Nc2ccc3c(c2)oc2ccccc23)cc1. The molecular formula is C21H15NO4. The molecule has 0 unspecified atom stereocenters. The molecule has 0 bridgehead atoms. The number of fused-ring (bicyclic) bond motifs is 3. The Morgan fingerprint density at radius 1 is 0.962 bits per heavy atom. The fraction of sp³-hybridized carbons (Fsp3) is 0.0476. The Kier molecular flexibility index (Phi) is 4.11. The molecule has 4 rings (SSSR count). The van der Waals surface area contributed by atoms with Crippen molar-refractivity contribution < 1.29 is 18.7 Å². The lowest BCUT2D eigenvalue weighted by Gasteiger charge is -2.07. The van der Waals surface area contributed by atoms with Crippen LogP contribution < -0.4 is 10.1 Å². The van der Waals surface area contributed by atoms with Gasteiger partial charge in [-0.2, -0.15) is 0 Å². The summed E-state index contributed by atoms with van der Waals surface area (Å²) >= 11 is 0. The first kappa shape index (κ1) is 15.9. The predicted octanol–water partition coefficient (Wildman–Crippen LogP) is 4.42. The zero-order chi connectivity index (χ0) is 17.9. The lowest BCUT2D eigenvalue weighted by molar-refractivity contribution is -0.118. The van der Waals surface area contributed by atoms with Crippen molar-refractivity contribution >= 4 is 39.8 Å². The van der Waals surface area contributed by atoms with Gasteiger partial charge in [-0.05, 0) is 42.5 Å². The number of aldehydes is 1. The van der Waals surface area contributed by atoms with Crippen molar-refractivity contribution in [3.63, 3.8) is 0 Å². The summed E-state index contributed by atoms with van der Waals surface area (Å²) in [5.74, 6) is 0.249. The fourth-order valence-electron chi connectivity index (χ4n) is 2.79. The van der Waals surface area contributed by atoms with E-state index in [4.69, 9.17) is 9.15 Å². The number of benzene rings is 3. The van der Waals surface area contributed by atoms with E-state index in [9.17, 15) is 9.59 Å². The van der Waals surface area contributed by atoms with E-state index in [1.807, 2.05) is 36.4 Å². The summed E-state index contributed by atoms with van der Waals surface area (Å²) in [4.78, 5) is 22.7. The van der Waals surface area contributed by atoms with Gasteiger partial charge in [-0.1, -0.05) is 18.2 Å². The first-order valence-corrected chi connectivity index (χ1v) is 8.12. The topological polar surface area (TPSA) is 68.5 Å². The lowest BCUT2D eigenvalue weighted by Crippen LogP contribution is -2.20. The maximum absolute atomic E-state index is 12.1. The van der Waals surface area contributed by atoms with Crippen LogP contribution >= 0.6 is 0 Å². The van der Waals surface area contributed by atoms with Crippen LogP contribution in [0.5, 0.6) is 5.75 Å². The first-order valence-electron chi connectivity index (χ1n) is 8.12. The minimum absolute atomic E-state index is 0.126. The molecule has 0 atom stereocenters. The van der Waals surface area contributed by atoms with Gasteiger partial charge in [0.05, 0.1) is 0 Å². The quantitative estimate of drug-likeness (QED) is 0.544. The summed E-state index contributed by atoms with van der Waals surface area (Å²) in [6, 6.07) is 19.9. The average Bonchev–Trinajstić information content (AvgIpc) is 3.04. The Labute approximate surface area is 149 Å². The van der Waals surface area contributed by atoms with Crippen LogP contribution in [-0.2, 0) is 4.79 Å². The number of furan rings is 1. The van der Waals surface area contributed by atoms with Crippen molar-refractivity contribution in [1.29, 1.82) is 0 Å². The van der Waals surface area contributed by atoms with Gasteiger partial charge >= 0.3 is 0 Å². The molecule has 1 amide bonds. The first-order chi connectivity index (χ1) is 12.7. The third kappa shape index (κ3) is 3.15. The van der Waals surface area contributed by atoms with Crippen LogP contribution in [-0.4, -0.2) is 18.8 Å². The molecule has 1 heterocycles. The summed E-state index contributed by atoms with van der Waals surface area (Å²) in [7, 11) is 0. The molecule has 5 nitrogen and oxygen atoms in total. The average molecular weight is 345 g/mol. The third-order valence-electron chi connectivity index (χ3n) is 4.05. The second-order valence-electron chi connectivity index (χ2n) is 5.83. The highest BCUT2D eigenvalue weighted by Gasteiger charge is 2.09. The Bertz CT molecular complexity index is 1100. The zero-order valence-electron chi connectivity index (χ0n) is 13.8. The number of nitrogens with one attached hydrogen (secondary N) is 1. The third-order valence-corrected chi connectivity index (χ3v) is 4.05. The molecule has 0 fully saturated rings. The van der Waals surface area contributed by atoms with Gasteiger partial charge in [-0.3, -0.25) is 9.59 Å². The molecule has 0 spiro atoms. The van der Waals surface area contributed by atoms with Gasteiger partial charge in [0.25, 0.3) is 5.91 Å². The van der Waals surface area contributed by atoms with E-state index in [1.54, 1.807) is 30.3 Å². The Balaban J connectivity index is 1.44. The van der Waals surface area contributed by atoms with Crippen molar-refractivity contribution in [2.75, 3.05) is 11.9 Å². The van der Waals surface area contributed by atoms with Gasteiger partial charge in [-0.25, -0.2) is 0 Å². The van der Waals surface area contributed by atoms with Crippen LogP contribution in [0.4, 0.5) is 5.69 Å². The summed E-state index contributed by atoms with van der Waals surface area (Å²) in [6.07, 6.45) is 0.755. The molecule has 5 heteroatoms. The number of amides is 1. The summed E-state index contributed by atoms with van der Waals surface area (Å²) in [6.45, 7) is -0.126. The molecule has 0 aliphatic rings. The molecule has 3 aromatic carbocycles. The van der Waals surface area contributed by atoms with Gasteiger partial charge < -0.3 is 14.5 Å². The summed E-state index contributed by atoms with van der Waals surface area (Å²) in [5, 5.41) is 4.84. The van der Waals surface area contributed by atoms with Crippen molar-refractivity contribution in [2.24, 2.45) is 0 Å². The number of carbonyl (C=O) groups excluding carboxylic acids is 2. The van der Waals surface area contributed by atoms with E-state index in [0.717, 1.165) is 28.2 Å². The van der Waals surface area contributed by atoms with Crippen molar-refractivity contribution in [1.82, 2.24) is 0 Å². The normalized spacial score (nSPS) is 10.8. The summed E-state index contributed by atoms with van der Waals surface area (Å²) < 4.78 is 11.2. The second kappa shape index (κ2) is 6.72. The minimum Gasteiger partial charge on any atom is -0.484 e. The van der Waals surface area contributed by atoms with Gasteiger partial charge in [0.2, 0.25) is 0 Å². The molecule has 0 aliphatic heterocycles. The number of hydrogen-bond donors (Lipinski definition) is 1. The number of ether oxygens (including phenoxy) is 1. The van der Waals surface area contributed by atoms with Crippen LogP contribution in [0, 0.1) is 0 Å². The standard InChI is InChI=1S/C21H15NO4/c23-12-14-5-8-16(9-6-14)25-13-21(24)22-15-7-10-18-17-3-1-2-4-19(17)26-20(18)11-15/h1-12H,13H2,(H,22,24). The number of para-hydroxylation sites is 1. The predicted molar refractivity (Wildman–Crippen MR) is 99.7 cm³/mol. The fourth-order valence-corrected chi connectivity index (χ4v) is 2.79. The minimum atomic E-state index is -0.278. The monoisotopic (exact) mass is 345 g/mol. The van der Waals surface area contributed by atoms with Crippen molar-refractivity contribution in [2.45, 2.75) is 0 Å². The van der Waals surface area contributed by atoms with E-state index in [-0.39, 0.29) is 12.5 Å². The van der Waals surface area contributed by atoms with Crippen molar-refractivity contribution in [3.05, 3.63) is 72.3 Å². The molecule has 1 aromatic heterocycles. The number of anilines is 1. The van der Waals surface area contributed by atoms with Gasteiger partial charge in [0.15, 0.2) is 6.61 Å². The molecule has 0 radical (unpaired) electrons. The van der Waals surface area contributed by atoms with Crippen LogP contribution in [0.25, 0.3) is 21.9 Å². The van der Waals surface area contributed by atoms with Gasteiger partial charge in [-0.15, -0.1) is 0 Å². The number of carbonyl (C=O) groups is 2. The smallest absolute Gasteiger partial charge is 0.262 e. The molecule has 1 N–H and O–H groups in total. The largest absolute Gasteiger partial charge is 0.484 e. The molecule has 4 aromatic rings. The van der Waals surface area contributed by atoms with E-state index >= 15 is 0 Å². The molecular weight excluding hydrogens is 330 g/mol. The van der Waals surface area contributed by atoms with E-state index < -0.39 is 0 Å². The molecule has 0 aliphatic carbocycles. The van der Waals surface area contributed by atoms with E-state index in [2.05, 4.69) is 5.32 Å². The van der Waals surface area contributed by atoms with Crippen LogP contribution in [0.3, 0.4) is 0 Å². The van der Waals surface area contributed by atoms with Crippen LogP contribution in [0.15, 0.2) is 71.1 Å². The molecule has 0 saturated heterocycles. The summed E-state index contributed by atoms with van der Waals surface area (Å²) in [5.41, 5.74) is 2.73. The molecule has 0 saturated carbocycles. The maximum Gasteiger partial charge on any atom is 0.262 e. The Morgan fingerprint density at radius 3 is 2.54 bits per heavy atom. The Morgan fingerprint density at radius 2 is 1.73 bits per heavy atom. The highest BCUT2D eigenvalue weighted by Crippen LogP contribution is 2.30. The lowest BCUT2D eigenvalue weighted by atomic mass is 10.1. The molecule has 128 valence electrons. The highest BCUT2D eigenvalue weighted by atomic mass is 16.5. The highest BCUT2D eigenvalue weighted by molar-refractivity contribution is 6.06.